The van der Waals surface area contributed by atoms with Crippen LogP contribution >= 0.6 is 11.6 Å². The fourth-order valence-electron chi connectivity index (χ4n) is 2.83. The molecule has 0 N–H and O–H groups in total. The zero-order valence-electron chi connectivity index (χ0n) is 11.6. The van der Waals surface area contributed by atoms with Crippen molar-refractivity contribution < 1.29 is 19.1 Å². The minimum Gasteiger partial charge on any atom is -0.492 e. The number of carbonyl (C=O) groups excluding carboxylic acids is 2. The highest BCUT2D eigenvalue weighted by Crippen LogP contribution is 2.30. The fraction of sp³-hybridized carbons (Fsp3) is 0.500. The van der Waals surface area contributed by atoms with E-state index in [0.717, 1.165) is 24.2 Å². The Morgan fingerprint density at radius 1 is 1.33 bits per heavy atom. The van der Waals surface area contributed by atoms with Crippen molar-refractivity contribution in [2.45, 2.75) is 38.2 Å². The second-order valence-corrected chi connectivity index (χ2v) is 6.04. The molecule has 1 saturated carbocycles. The van der Waals surface area contributed by atoms with Crippen molar-refractivity contribution in [2.75, 3.05) is 6.61 Å². The van der Waals surface area contributed by atoms with Gasteiger partial charge < -0.3 is 9.47 Å². The molecule has 1 fully saturated rings. The Hall–Kier alpha value is -1.55. The van der Waals surface area contributed by atoms with Crippen LogP contribution in [-0.4, -0.2) is 24.5 Å². The lowest BCUT2D eigenvalue weighted by Gasteiger charge is -2.27. The molecule has 3 rings (SSSR count). The number of carbonyl (C=O) groups is 2. The molecule has 1 aliphatic carbocycles. The average molecular weight is 309 g/mol. The van der Waals surface area contributed by atoms with Crippen molar-refractivity contribution in [3.63, 3.8) is 0 Å². The summed E-state index contributed by atoms with van der Waals surface area (Å²) >= 11 is 5.96. The van der Waals surface area contributed by atoms with Gasteiger partial charge in [0, 0.05) is 11.4 Å². The minimum absolute atomic E-state index is 0.0368. The van der Waals surface area contributed by atoms with Gasteiger partial charge in [-0.1, -0.05) is 11.6 Å². The number of esters is 1. The third-order valence-corrected chi connectivity index (χ3v) is 4.25. The molecule has 1 heterocycles. The van der Waals surface area contributed by atoms with E-state index in [0.29, 0.717) is 24.3 Å². The highest BCUT2D eigenvalue weighted by molar-refractivity contribution is 6.30. The molecule has 1 aromatic carbocycles. The third-order valence-electron chi connectivity index (χ3n) is 4.02. The van der Waals surface area contributed by atoms with E-state index in [1.54, 1.807) is 6.07 Å². The molecule has 0 aromatic heterocycles. The highest BCUT2D eigenvalue weighted by atomic mass is 35.5. The van der Waals surface area contributed by atoms with E-state index in [1.165, 1.54) is 0 Å². The number of hydrogen-bond acceptors (Lipinski definition) is 4. The van der Waals surface area contributed by atoms with Crippen molar-refractivity contribution >= 4 is 23.4 Å². The van der Waals surface area contributed by atoms with Crippen molar-refractivity contribution in [1.82, 2.24) is 0 Å². The van der Waals surface area contributed by atoms with Gasteiger partial charge in [-0.3, -0.25) is 9.59 Å². The topological polar surface area (TPSA) is 52.6 Å². The number of hydrogen-bond donors (Lipinski definition) is 0. The monoisotopic (exact) mass is 308 g/mol. The molecule has 4 nitrogen and oxygen atoms in total. The summed E-state index contributed by atoms with van der Waals surface area (Å²) in [5, 5.41) is 0.619. The maximum absolute atomic E-state index is 12.2. The fourth-order valence-corrected chi connectivity index (χ4v) is 3.02. The van der Waals surface area contributed by atoms with Crippen LogP contribution in [-0.2, 0) is 20.7 Å². The van der Waals surface area contributed by atoms with Gasteiger partial charge in [0.15, 0.2) is 11.9 Å². The lowest BCUT2D eigenvalue weighted by atomic mass is 9.95. The third kappa shape index (κ3) is 3.21. The number of fused-ring (bicyclic) bond motifs is 1. The van der Waals surface area contributed by atoms with Gasteiger partial charge in [0.05, 0.1) is 5.92 Å². The first kappa shape index (κ1) is 14.4. The second-order valence-electron chi connectivity index (χ2n) is 5.60. The molecule has 0 bridgehead atoms. The zero-order valence-corrected chi connectivity index (χ0v) is 12.4. The van der Waals surface area contributed by atoms with Gasteiger partial charge >= 0.3 is 5.97 Å². The van der Waals surface area contributed by atoms with Gasteiger partial charge in [-0.2, -0.15) is 0 Å². The van der Waals surface area contributed by atoms with Crippen molar-refractivity contribution in [3.8, 4) is 5.75 Å². The molecule has 0 amide bonds. The summed E-state index contributed by atoms with van der Waals surface area (Å²) in [6, 6.07) is 5.38. The van der Waals surface area contributed by atoms with Crippen LogP contribution in [0.15, 0.2) is 18.2 Å². The number of halogens is 1. The molecular formula is C16H17ClO4. The van der Waals surface area contributed by atoms with Crippen LogP contribution in [0.1, 0.15) is 31.2 Å². The van der Waals surface area contributed by atoms with E-state index in [9.17, 15) is 9.59 Å². The Kier molecular flexibility index (Phi) is 4.15. The quantitative estimate of drug-likeness (QED) is 0.788. The van der Waals surface area contributed by atoms with Crippen LogP contribution in [0.4, 0.5) is 0 Å². The molecular weight excluding hydrogens is 292 g/mol. The maximum Gasteiger partial charge on any atom is 0.313 e. The molecule has 112 valence electrons. The first-order valence-corrected chi connectivity index (χ1v) is 7.66. The van der Waals surface area contributed by atoms with E-state index < -0.39 is 6.10 Å². The van der Waals surface area contributed by atoms with E-state index in [-0.39, 0.29) is 24.3 Å². The molecule has 2 atom stereocenters. The molecule has 5 heteroatoms. The summed E-state index contributed by atoms with van der Waals surface area (Å²) < 4.78 is 11.0. The van der Waals surface area contributed by atoms with Crippen molar-refractivity contribution in [3.05, 3.63) is 28.8 Å². The summed E-state index contributed by atoms with van der Waals surface area (Å²) in [7, 11) is 0. The van der Waals surface area contributed by atoms with Gasteiger partial charge in [-0.15, -0.1) is 0 Å². The number of benzene rings is 1. The summed E-state index contributed by atoms with van der Waals surface area (Å²) in [6.45, 7) is 0.286. The van der Waals surface area contributed by atoms with E-state index in [4.69, 9.17) is 21.1 Å². The molecule has 2 aliphatic rings. The van der Waals surface area contributed by atoms with Gasteiger partial charge in [0.25, 0.3) is 0 Å². The standard InChI is InChI=1S/C16H17ClO4/c17-12-5-6-14-10(8-12)7-11(9-20-14)16(19)21-15-4-2-1-3-13(15)18/h5-6,8,11,15H,1-4,7,9H2. The van der Waals surface area contributed by atoms with Gasteiger partial charge in [0.2, 0.25) is 0 Å². The lowest BCUT2D eigenvalue weighted by Crippen LogP contribution is -2.36. The van der Waals surface area contributed by atoms with Crippen LogP contribution in [0.5, 0.6) is 5.75 Å². The number of ketones is 1. The highest BCUT2D eigenvalue weighted by Gasteiger charge is 2.32. The molecule has 2 unspecified atom stereocenters. The number of rotatable bonds is 2. The minimum atomic E-state index is -0.563. The van der Waals surface area contributed by atoms with Gasteiger partial charge in [-0.25, -0.2) is 0 Å². The molecule has 0 spiro atoms. The normalized spacial score (nSPS) is 24.9. The first-order valence-electron chi connectivity index (χ1n) is 7.28. The Balaban J connectivity index is 1.65. The molecule has 21 heavy (non-hydrogen) atoms. The van der Waals surface area contributed by atoms with Gasteiger partial charge in [0.1, 0.15) is 12.4 Å². The first-order chi connectivity index (χ1) is 10.1. The molecule has 0 saturated heterocycles. The largest absolute Gasteiger partial charge is 0.492 e. The Bertz CT molecular complexity index is 569. The van der Waals surface area contributed by atoms with E-state index in [2.05, 4.69) is 0 Å². The van der Waals surface area contributed by atoms with Gasteiger partial charge in [-0.05, 0) is 49.4 Å². The maximum atomic E-state index is 12.2. The smallest absolute Gasteiger partial charge is 0.313 e. The van der Waals surface area contributed by atoms with Crippen LogP contribution in [0.25, 0.3) is 0 Å². The van der Waals surface area contributed by atoms with E-state index >= 15 is 0 Å². The van der Waals surface area contributed by atoms with Crippen LogP contribution in [0.3, 0.4) is 0 Å². The predicted molar refractivity (Wildman–Crippen MR) is 77.5 cm³/mol. The number of Topliss-reactive ketones (excluding diaryl/α,β-unsaturated/α-hetero) is 1. The molecule has 1 aromatic rings. The average Bonchev–Trinajstić information content (AvgIpc) is 2.48. The molecule has 0 radical (unpaired) electrons. The Labute approximate surface area is 128 Å². The predicted octanol–water partition coefficient (Wildman–Crippen LogP) is 2.95. The zero-order chi connectivity index (χ0) is 14.8. The van der Waals surface area contributed by atoms with Crippen molar-refractivity contribution in [1.29, 1.82) is 0 Å². The summed E-state index contributed by atoms with van der Waals surface area (Å²) in [5.74, 6) is 0.0820. The summed E-state index contributed by atoms with van der Waals surface area (Å²) in [4.78, 5) is 23.9. The van der Waals surface area contributed by atoms with Crippen LogP contribution in [0, 0.1) is 5.92 Å². The number of ether oxygens (including phenoxy) is 2. The SMILES string of the molecule is O=C(OC1CCCCC1=O)C1COc2ccc(Cl)cc2C1. The lowest BCUT2D eigenvalue weighted by molar-refractivity contribution is -0.161. The molecule has 1 aliphatic heterocycles. The summed E-state index contributed by atoms with van der Waals surface area (Å²) in [6.07, 6.45) is 2.95. The van der Waals surface area contributed by atoms with Crippen molar-refractivity contribution in [2.24, 2.45) is 5.92 Å². The summed E-state index contributed by atoms with van der Waals surface area (Å²) in [5.41, 5.74) is 0.908. The van der Waals surface area contributed by atoms with E-state index in [1.807, 2.05) is 12.1 Å². The second kappa shape index (κ2) is 6.06. The van der Waals surface area contributed by atoms with Crippen LogP contribution < -0.4 is 4.74 Å². The van der Waals surface area contributed by atoms with Crippen LogP contribution in [0.2, 0.25) is 5.02 Å². The Morgan fingerprint density at radius 3 is 3.00 bits per heavy atom. The Morgan fingerprint density at radius 2 is 2.19 bits per heavy atom.